The van der Waals surface area contributed by atoms with Gasteiger partial charge in [0.1, 0.15) is 0 Å². The van der Waals surface area contributed by atoms with Gasteiger partial charge in [-0.25, -0.2) is 9.59 Å². The molecule has 9 nitrogen and oxygen atoms in total. The van der Waals surface area contributed by atoms with Gasteiger partial charge in [-0.05, 0) is 70.3 Å². The Kier molecular flexibility index (Phi) is 6.88. The van der Waals surface area contributed by atoms with E-state index in [9.17, 15) is 9.59 Å². The molecule has 2 aliphatic heterocycles. The molecule has 1 aromatic carbocycles. The van der Waals surface area contributed by atoms with Gasteiger partial charge < -0.3 is 14.8 Å². The predicted molar refractivity (Wildman–Crippen MR) is 127 cm³/mol. The van der Waals surface area contributed by atoms with Crippen molar-refractivity contribution in [2.75, 3.05) is 36.5 Å². The number of methoxy groups -OCH3 is 1. The minimum Gasteiger partial charge on any atom is -0.452 e. The van der Waals surface area contributed by atoms with Crippen molar-refractivity contribution in [3.8, 4) is 11.1 Å². The van der Waals surface area contributed by atoms with Crippen LogP contribution in [-0.2, 0) is 16.0 Å². The molecular weight excluding hydrogens is 422 g/mol. The number of carbonyl (C=O) groups excluding carboxylic acids is 2. The van der Waals surface area contributed by atoms with E-state index in [0.717, 1.165) is 43.6 Å². The monoisotopic (exact) mass is 455 g/mol. The van der Waals surface area contributed by atoms with Crippen LogP contribution in [0.15, 0.2) is 30.6 Å². The first-order valence-corrected chi connectivity index (χ1v) is 11.6. The minimum absolute atomic E-state index is 0.244. The topological polar surface area (TPSA) is 88.9 Å². The van der Waals surface area contributed by atoms with Gasteiger partial charge >= 0.3 is 12.2 Å². The van der Waals surface area contributed by atoms with Crippen molar-refractivity contribution in [3.05, 3.63) is 30.6 Å². The maximum absolute atomic E-state index is 12.9. The molecular formula is C24H33N5O4. The summed E-state index contributed by atoms with van der Waals surface area (Å²) in [7, 11) is 1.36. The number of nitrogens with zero attached hydrogens (tertiary/aromatic N) is 4. The molecule has 1 fully saturated rings. The molecule has 0 radical (unpaired) electrons. The van der Waals surface area contributed by atoms with Crippen LogP contribution in [0, 0.1) is 5.92 Å². The molecule has 4 rings (SSSR count). The third-order valence-electron chi connectivity index (χ3n) is 6.21. The number of benzene rings is 1. The standard InChI is InChI=1S/C24H33N5O4/c1-16(2)33-23(30)28-13-17(3)29(24(31)32-4)21-6-5-19(11-22(21)28)20-12-26-27(15-20)14-18-7-9-25-10-8-18/h5-6,11-12,15-18,25H,7-10,13-14H2,1-4H3/t17-/m0/s1. The molecule has 0 spiro atoms. The molecule has 1 aromatic heterocycles. The predicted octanol–water partition coefficient (Wildman–Crippen LogP) is 3.88. The van der Waals surface area contributed by atoms with Crippen molar-refractivity contribution in [3.63, 3.8) is 0 Å². The van der Waals surface area contributed by atoms with Crippen LogP contribution in [0.25, 0.3) is 11.1 Å². The van der Waals surface area contributed by atoms with E-state index in [1.165, 1.54) is 7.11 Å². The lowest BCUT2D eigenvalue weighted by Crippen LogP contribution is -2.52. The first-order chi connectivity index (χ1) is 15.9. The Morgan fingerprint density at radius 1 is 1.15 bits per heavy atom. The number of amides is 2. The van der Waals surface area contributed by atoms with Gasteiger partial charge in [0.2, 0.25) is 0 Å². The molecule has 1 N–H and O–H groups in total. The largest absolute Gasteiger partial charge is 0.452 e. The van der Waals surface area contributed by atoms with Crippen LogP contribution in [0.3, 0.4) is 0 Å². The number of anilines is 2. The Balaban J connectivity index is 1.65. The average Bonchev–Trinajstić information content (AvgIpc) is 3.26. The molecule has 3 heterocycles. The van der Waals surface area contributed by atoms with E-state index >= 15 is 0 Å². The number of rotatable bonds is 4. The van der Waals surface area contributed by atoms with Crippen LogP contribution in [0.1, 0.15) is 33.6 Å². The summed E-state index contributed by atoms with van der Waals surface area (Å²) < 4.78 is 12.5. The Morgan fingerprint density at radius 2 is 1.91 bits per heavy atom. The summed E-state index contributed by atoms with van der Waals surface area (Å²) in [5, 5.41) is 7.96. The summed E-state index contributed by atoms with van der Waals surface area (Å²) in [6, 6.07) is 5.47. The number of piperidine rings is 1. The third-order valence-corrected chi connectivity index (χ3v) is 6.21. The molecule has 2 aromatic rings. The maximum atomic E-state index is 12.9. The van der Waals surface area contributed by atoms with Gasteiger partial charge in [0, 0.05) is 18.3 Å². The van der Waals surface area contributed by atoms with E-state index < -0.39 is 12.2 Å². The first-order valence-electron chi connectivity index (χ1n) is 11.6. The Bertz CT molecular complexity index is 998. The maximum Gasteiger partial charge on any atom is 0.414 e. The van der Waals surface area contributed by atoms with E-state index in [1.807, 2.05) is 56.0 Å². The molecule has 9 heteroatoms. The quantitative estimate of drug-likeness (QED) is 0.753. The fourth-order valence-corrected chi connectivity index (χ4v) is 4.56. The fourth-order valence-electron chi connectivity index (χ4n) is 4.56. The summed E-state index contributed by atoms with van der Waals surface area (Å²) >= 11 is 0. The van der Waals surface area contributed by atoms with E-state index in [0.29, 0.717) is 23.8 Å². The van der Waals surface area contributed by atoms with Crippen molar-refractivity contribution < 1.29 is 19.1 Å². The Labute approximate surface area is 194 Å². The number of fused-ring (bicyclic) bond motifs is 1. The lowest BCUT2D eigenvalue weighted by atomic mass is 9.98. The second kappa shape index (κ2) is 9.82. The molecule has 2 aliphatic rings. The number of ether oxygens (including phenoxy) is 2. The number of hydrogen-bond acceptors (Lipinski definition) is 6. The lowest BCUT2D eigenvalue weighted by molar-refractivity contribution is 0.121. The molecule has 0 saturated carbocycles. The van der Waals surface area contributed by atoms with Crippen LogP contribution in [0.2, 0.25) is 0 Å². The second-order valence-corrected chi connectivity index (χ2v) is 9.08. The summed E-state index contributed by atoms with van der Waals surface area (Å²) in [6.45, 7) is 8.84. The summed E-state index contributed by atoms with van der Waals surface area (Å²) in [6.07, 6.45) is 5.08. The molecule has 0 aliphatic carbocycles. The zero-order valence-electron chi connectivity index (χ0n) is 19.8. The van der Waals surface area contributed by atoms with Crippen LogP contribution in [0.4, 0.5) is 21.0 Å². The second-order valence-electron chi connectivity index (χ2n) is 9.08. The molecule has 2 amide bonds. The van der Waals surface area contributed by atoms with E-state index in [4.69, 9.17) is 9.47 Å². The molecule has 0 unspecified atom stereocenters. The van der Waals surface area contributed by atoms with Gasteiger partial charge in [-0.3, -0.25) is 14.5 Å². The van der Waals surface area contributed by atoms with Gasteiger partial charge in [-0.15, -0.1) is 0 Å². The zero-order valence-corrected chi connectivity index (χ0v) is 19.8. The van der Waals surface area contributed by atoms with E-state index in [1.54, 1.807) is 9.80 Å². The van der Waals surface area contributed by atoms with Crippen LogP contribution >= 0.6 is 0 Å². The van der Waals surface area contributed by atoms with Crippen molar-refractivity contribution >= 4 is 23.6 Å². The zero-order chi connectivity index (χ0) is 23.5. The van der Waals surface area contributed by atoms with Gasteiger partial charge in [0.25, 0.3) is 0 Å². The summed E-state index contributed by atoms with van der Waals surface area (Å²) in [5.74, 6) is 0.624. The fraction of sp³-hybridized carbons (Fsp3) is 0.542. The van der Waals surface area contributed by atoms with Gasteiger partial charge in [0.15, 0.2) is 0 Å². The van der Waals surface area contributed by atoms with Crippen molar-refractivity contribution in [2.24, 2.45) is 5.92 Å². The van der Waals surface area contributed by atoms with Crippen molar-refractivity contribution in [1.29, 1.82) is 0 Å². The molecule has 1 atom stereocenters. The highest BCUT2D eigenvalue weighted by molar-refractivity contribution is 6.01. The van der Waals surface area contributed by atoms with Crippen molar-refractivity contribution in [2.45, 2.75) is 52.3 Å². The molecule has 33 heavy (non-hydrogen) atoms. The van der Waals surface area contributed by atoms with Crippen LogP contribution in [-0.4, -0.2) is 60.9 Å². The number of aromatic nitrogens is 2. The Morgan fingerprint density at radius 3 is 2.61 bits per heavy atom. The van der Waals surface area contributed by atoms with Gasteiger partial charge in [-0.1, -0.05) is 6.07 Å². The average molecular weight is 456 g/mol. The smallest absolute Gasteiger partial charge is 0.414 e. The molecule has 0 bridgehead atoms. The number of carbonyl (C=O) groups is 2. The lowest BCUT2D eigenvalue weighted by Gasteiger charge is -2.40. The SMILES string of the molecule is COC(=O)N1c2ccc(-c3cnn(CC4CCNCC4)c3)cc2N(C(=O)OC(C)C)C[C@@H]1C. The highest BCUT2D eigenvalue weighted by atomic mass is 16.6. The third kappa shape index (κ3) is 4.98. The number of nitrogens with one attached hydrogen (secondary N) is 1. The highest BCUT2D eigenvalue weighted by Gasteiger charge is 2.36. The van der Waals surface area contributed by atoms with Crippen LogP contribution < -0.4 is 15.1 Å². The van der Waals surface area contributed by atoms with E-state index in [2.05, 4.69) is 10.4 Å². The number of hydrogen-bond donors (Lipinski definition) is 1. The minimum atomic E-state index is -0.455. The van der Waals surface area contributed by atoms with Crippen molar-refractivity contribution in [1.82, 2.24) is 15.1 Å². The first kappa shape index (κ1) is 23.1. The Hall–Kier alpha value is -3.07. The normalized spacial score (nSPS) is 18.9. The van der Waals surface area contributed by atoms with Crippen LogP contribution in [0.5, 0.6) is 0 Å². The molecule has 178 valence electrons. The van der Waals surface area contributed by atoms with Gasteiger partial charge in [0.05, 0.1) is 43.4 Å². The molecule has 1 saturated heterocycles. The van der Waals surface area contributed by atoms with Gasteiger partial charge in [-0.2, -0.15) is 5.10 Å². The van der Waals surface area contributed by atoms with E-state index in [-0.39, 0.29) is 12.1 Å². The summed E-state index contributed by atoms with van der Waals surface area (Å²) in [5.41, 5.74) is 3.12. The highest BCUT2D eigenvalue weighted by Crippen LogP contribution is 2.39. The summed E-state index contributed by atoms with van der Waals surface area (Å²) in [4.78, 5) is 28.6.